The Kier molecular flexibility index (Phi) is 8.34. The monoisotopic (exact) mass is 432 g/mol. The van der Waals surface area contributed by atoms with Crippen LogP contribution in [0.4, 0.5) is 14.9 Å². The minimum atomic E-state index is -0.670. The highest BCUT2D eigenvalue weighted by atomic mass is 35.5. The molecule has 2 aromatic rings. The van der Waals surface area contributed by atoms with Crippen LogP contribution in [0.3, 0.4) is 0 Å². The Balaban J connectivity index is 1.68. The number of hydrogen-bond acceptors (Lipinski definition) is 4. The first kappa shape index (κ1) is 21.5. The second kappa shape index (κ2) is 10.5. The molecule has 0 aliphatic rings. The molecule has 5 nitrogen and oxygen atoms in total. The first-order valence-electron chi connectivity index (χ1n) is 8.17. The van der Waals surface area contributed by atoms with Crippen molar-refractivity contribution in [3.05, 3.63) is 52.3 Å². The summed E-state index contributed by atoms with van der Waals surface area (Å²) in [5.41, 5.74) is 5.71. The number of benzene rings is 2. The van der Waals surface area contributed by atoms with Gasteiger partial charge in [-0.3, -0.25) is 0 Å². The van der Waals surface area contributed by atoms with Crippen molar-refractivity contribution >= 4 is 47.7 Å². The van der Waals surface area contributed by atoms with Crippen LogP contribution in [0, 0.1) is 5.82 Å². The average Bonchev–Trinajstić information content (AvgIpc) is 2.62. The lowest BCUT2D eigenvalue weighted by Crippen LogP contribution is -2.27. The van der Waals surface area contributed by atoms with Crippen LogP contribution < -0.4 is 19.5 Å². The van der Waals surface area contributed by atoms with Crippen molar-refractivity contribution in [2.75, 3.05) is 17.5 Å². The zero-order valence-electron chi connectivity index (χ0n) is 14.3. The van der Waals surface area contributed by atoms with E-state index in [1.807, 2.05) is 0 Å². The lowest BCUT2D eigenvalue weighted by atomic mass is 10.2. The highest BCUT2D eigenvalue weighted by Crippen LogP contribution is 2.33. The Morgan fingerprint density at radius 2 is 1.70 bits per heavy atom. The molecule has 2 N–H and O–H groups in total. The summed E-state index contributed by atoms with van der Waals surface area (Å²) >= 11 is 15.8. The zero-order valence-corrected chi connectivity index (χ0v) is 16.7. The Bertz CT molecular complexity index is 772. The number of hydrogen-bond donors (Lipinski definition) is 2. The molecular formula is C18H19Cl2FN2O3S. The van der Waals surface area contributed by atoms with E-state index in [-0.39, 0.29) is 10.0 Å². The van der Waals surface area contributed by atoms with Crippen LogP contribution in [0.25, 0.3) is 0 Å². The van der Waals surface area contributed by atoms with Gasteiger partial charge in [0.1, 0.15) is 11.6 Å². The van der Waals surface area contributed by atoms with E-state index in [2.05, 4.69) is 12.8 Å². The van der Waals surface area contributed by atoms with Crippen LogP contribution in [0.2, 0.25) is 10.0 Å². The number of carbonyl (C=O) groups excluding carboxylic acids is 1. The molecule has 0 fully saturated rings. The summed E-state index contributed by atoms with van der Waals surface area (Å²) in [7, 11) is 0. The molecule has 146 valence electrons. The third-order valence-corrected chi connectivity index (χ3v) is 4.53. The van der Waals surface area contributed by atoms with E-state index in [4.69, 9.17) is 38.4 Å². The zero-order chi connectivity index (χ0) is 19.8. The molecule has 0 bridgehead atoms. The molecule has 2 rings (SSSR count). The van der Waals surface area contributed by atoms with Gasteiger partial charge in [-0.1, -0.05) is 42.1 Å². The molecular weight excluding hydrogens is 414 g/mol. The smallest absolute Gasteiger partial charge is 0.329 e. The van der Waals surface area contributed by atoms with Crippen LogP contribution in [0.5, 0.6) is 11.5 Å². The van der Waals surface area contributed by atoms with Gasteiger partial charge in [0.15, 0.2) is 5.75 Å². The number of anilines is 1. The topological polar surface area (TPSA) is 64.8 Å². The molecule has 0 aliphatic heterocycles. The van der Waals surface area contributed by atoms with Gasteiger partial charge < -0.3 is 15.2 Å². The molecule has 0 spiro atoms. The molecule has 0 aromatic heterocycles. The van der Waals surface area contributed by atoms with Gasteiger partial charge in [-0.2, -0.15) is 0 Å². The van der Waals surface area contributed by atoms with Crippen molar-refractivity contribution in [2.24, 2.45) is 5.73 Å². The van der Waals surface area contributed by atoms with Crippen molar-refractivity contribution in [1.82, 2.24) is 0 Å². The number of halogens is 3. The molecule has 27 heavy (non-hydrogen) atoms. The van der Waals surface area contributed by atoms with Gasteiger partial charge >= 0.3 is 6.03 Å². The Morgan fingerprint density at radius 3 is 2.33 bits per heavy atom. The van der Waals surface area contributed by atoms with Crippen LogP contribution in [-0.4, -0.2) is 19.2 Å². The fourth-order valence-corrected chi connectivity index (χ4v) is 2.94. The minimum absolute atomic E-state index is 0.150. The van der Waals surface area contributed by atoms with E-state index in [0.29, 0.717) is 30.4 Å². The molecule has 0 unspecified atom stereocenters. The number of unbranched alkanes of at least 4 members (excludes halogenated alkanes) is 2. The summed E-state index contributed by atoms with van der Waals surface area (Å²) in [6.07, 6.45) is 2.43. The van der Waals surface area contributed by atoms with Gasteiger partial charge in [0.2, 0.25) is 0 Å². The third kappa shape index (κ3) is 6.68. The molecule has 0 atom stereocenters. The second-order valence-electron chi connectivity index (χ2n) is 5.60. The SMILES string of the molecule is NC(=O)N(S)c1cccc(OCCCCCOc2c(Cl)cc(F)cc2Cl)c1. The standard InChI is InChI=1S/C18H19Cl2FN2O3S/c19-15-9-12(21)10-16(20)17(15)26-8-3-1-2-7-25-14-6-4-5-13(11-14)23(27)18(22)24/h4-6,9-11,27H,1-3,7-8H2,(H2,22,24). The fraction of sp³-hybridized carbons (Fsp3) is 0.278. The number of urea groups is 1. The Hall–Kier alpha value is -1.83. The van der Waals surface area contributed by atoms with Crippen LogP contribution >= 0.6 is 36.0 Å². The summed E-state index contributed by atoms with van der Waals surface area (Å²) in [5.74, 6) is 0.405. The van der Waals surface area contributed by atoms with Crippen molar-refractivity contribution in [3.8, 4) is 11.5 Å². The predicted molar refractivity (Wildman–Crippen MR) is 109 cm³/mol. The third-order valence-electron chi connectivity index (χ3n) is 3.54. The number of ether oxygens (including phenoxy) is 2. The Morgan fingerprint density at radius 1 is 1.07 bits per heavy atom. The molecule has 2 amide bonds. The van der Waals surface area contributed by atoms with Crippen molar-refractivity contribution in [1.29, 1.82) is 0 Å². The second-order valence-corrected chi connectivity index (χ2v) is 6.82. The van der Waals surface area contributed by atoms with Crippen LogP contribution in [0.1, 0.15) is 19.3 Å². The number of rotatable bonds is 9. The normalized spacial score (nSPS) is 10.5. The van der Waals surface area contributed by atoms with Crippen LogP contribution in [0.15, 0.2) is 36.4 Å². The largest absolute Gasteiger partial charge is 0.494 e. The van der Waals surface area contributed by atoms with Gasteiger partial charge in [-0.15, -0.1) is 0 Å². The number of amides is 2. The fourth-order valence-electron chi connectivity index (χ4n) is 2.24. The number of nitrogens with zero attached hydrogens (tertiary/aromatic N) is 1. The first-order chi connectivity index (χ1) is 12.9. The van der Waals surface area contributed by atoms with Gasteiger partial charge in [-0.05, 0) is 43.5 Å². The number of thiol groups is 1. The number of carbonyl (C=O) groups is 1. The maximum atomic E-state index is 13.1. The van der Waals surface area contributed by atoms with E-state index in [9.17, 15) is 9.18 Å². The molecule has 9 heteroatoms. The van der Waals surface area contributed by atoms with E-state index < -0.39 is 11.8 Å². The lowest BCUT2D eigenvalue weighted by molar-refractivity contribution is 0.257. The average molecular weight is 433 g/mol. The molecule has 0 radical (unpaired) electrons. The molecule has 0 saturated heterocycles. The maximum absolute atomic E-state index is 13.1. The van der Waals surface area contributed by atoms with E-state index in [1.165, 1.54) is 0 Å². The van der Waals surface area contributed by atoms with Crippen LogP contribution in [-0.2, 0) is 0 Å². The molecule has 2 aromatic carbocycles. The molecule has 0 aliphatic carbocycles. The van der Waals surface area contributed by atoms with Crippen molar-refractivity contribution in [2.45, 2.75) is 19.3 Å². The number of nitrogens with two attached hydrogens (primary N) is 1. The summed E-state index contributed by atoms with van der Waals surface area (Å²) in [6.45, 7) is 0.915. The quantitative estimate of drug-likeness (QED) is 0.406. The summed E-state index contributed by atoms with van der Waals surface area (Å²) in [5, 5.41) is 0.301. The summed E-state index contributed by atoms with van der Waals surface area (Å²) < 4.78 is 25.3. The summed E-state index contributed by atoms with van der Waals surface area (Å²) in [6, 6.07) is 8.57. The van der Waals surface area contributed by atoms with Gasteiger partial charge in [0.25, 0.3) is 0 Å². The number of primary amides is 1. The lowest BCUT2D eigenvalue weighted by Gasteiger charge is -2.14. The van der Waals surface area contributed by atoms with Crippen molar-refractivity contribution < 1.29 is 18.7 Å². The van der Waals surface area contributed by atoms with E-state index >= 15 is 0 Å². The van der Waals surface area contributed by atoms with Gasteiger partial charge in [0, 0.05) is 6.07 Å². The molecule has 0 saturated carbocycles. The van der Waals surface area contributed by atoms with E-state index in [1.54, 1.807) is 24.3 Å². The Labute approximate surface area is 172 Å². The first-order valence-corrected chi connectivity index (χ1v) is 9.32. The van der Waals surface area contributed by atoms with Crippen molar-refractivity contribution in [3.63, 3.8) is 0 Å². The minimum Gasteiger partial charge on any atom is -0.494 e. The van der Waals surface area contributed by atoms with Gasteiger partial charge in [-0.25, -0.2) is 13.5 Å². The maximum Gasteiger partial charge on any atom is 0.329 e. The summed E-state index contributed by atoms with van der Waals surface area (Å²) in [4.78, 5) is 11.1. The van der Waals surface area contributed by atoms with Gasteiger partial charge in [0.05, 0.1) is 28.9 Å². The van der Waals surface area contributed by atoms with E-state index in [0.717, 1.165) is 35.7 Å². The molecule has 0 heterocycles. The highest BCUT2D eigenvalue weighted by molar-refractivity contribution is 7.82. The highest BCUT2D eigenvalue weighted by Gasteiger charge is 2.10. The predicted octanol–water partition coefficient (Wildman–Crippen LogP) is 5.49.